The third-order valence-corrected chi connectivity index (χ3v) is 4.45. The van der Waals surface area contributed by atoms with Crippen LogP contribution in [0.5, 0.6) is 0 Å². The Balaban J connectivity index is 1.73. The van der Waals surface area contributed by atoms with E-state index in [-0.39, 0.29) is 16.5 Å². The fourth-order valence-corrected chi connectivity index (χ4v) is 2.89. The molecule has 10 heteroatoms. The van der Waals surface area contributed by atoms with E-state index in [0.29, 0.717) is 13.2 Å². The second-order valence-electron chi connectivity index (χ2n) is 6.42. The Kier molecular flexibility index (Phi) is 5.68. The molecular weight excluding hydrogens is 373 g/mol. The van der Waals surface area contributed by atoms with Gasteiger partial charge in [-0.1, -0.05) is 12.1 Å². The number of hydrogen-bond donors (Lipinski definition) is 3. The minimum absolute atomic E-state index is 0.148. The molecule has 7 nitrogen and oxygen atoms in total. The van der Waals surface area contributed by atoms with Gasteiger partial charge in [0.15, 0.2) is 0 Å². The molecule has 0 bridgehead atoms. The van der Waals surface area contributed by atoms with Gasteiger partial charge in [0.25, 0.3) is 0 Å². The molecule has 1 aromatic carbocycles. The molecule has 1 aliphatic heterocycles. The van der Waals surface area contributed by atoms with E-state index in [1.807, 2.05) is 31.2 Å². The highest BCUT2D eigenvalue weighted by Crippen LogP contribution is 2.22. The average Bonchev–Trinajstić information content (AvgIpc) is 2.69. The zero-order valence-electron chi connectivity index (χ0n) is 15.3. The van der Waals surface area contributed by atoms with Gasteiger partial charge in [0.1, 0.15) is 11.3 Å². The van der Waals surface area contributed by atoms with Gasteiger partial charge in [-0.3, -0.25) is 10.8 Å². The summed E-state index contributed by atoms with van der Waals surface area (Å²) < 4.78 is 43.9. The molecule has 28 heavy (non-hydrogen) atoms. The van der Waals surface area contributed by atoms with Crippen LogP contribution < -0.4 is 15.7 Å². The predicted molar refractivity (Wildman–Crippen MR) is 98.8 cm³/mol. The lowest BCUT2D eigenvalue weighted by Gasteiger charge is -2.29. The Hall–Kier alpha value is -2.88. The van der Waals surface area contributed by atoms with Crippen molar-refractivity contribution >= 4 is 17.3 Å². The fraction of sp³-hybridized carbons (Fsp3) is 0.389. The van der Waals surface area contributed by atoms with E-state index >= 15 is 0 Å². The molecule has 0 saturated carbocycles. The minimum Gasteiger partial charge on any atom is -0.378 e. The number of rotatable bonds is 4. The number of hydrogen-bond acceptors (Lipinski definition) is 6. The molecule has 2 heterocycles. The lowest BCUT2D eigenvalue weighted by molar-refractivity contribution is -0.0632. The SMILES string of the molecule is CC(Nc1ccc(=N)n(C(=N)C(F)(F)F)n1)c1ccc(N2CCOCC2)cc1. The normalized spacial score (nSPS) is 15.9. The molecule has 1 aromatic heterocycles. The predicted octanol–water partition coefficient (Wildman–Crippen LogP) is 2.76. The Morgan fingerprint density at radius 2 is 1.79 bits per heavy atom. The van der Waals surface area contributed by atoms with E-state index in [0.717, 1.165) is 24.3 Å². The first kappa shape index (κ1) is 19.9. The Bertz CT molecular complexity index is 887. The lowest BCUT2D eigenvalue weighted by atomic mass is 10.1. The summed E-state index contributed by atoms with van der Waals surface area (Å²) in [5, 5.41) is 21.5. The lowest BCUT2D eigenvalue weighted by Crippen LogP contribution is -2.38. The van der Waals surface area contributed by atoms with Crippen molar-refractivity contribution in [2.75, 3.05) is 36.5 Å². The molecule has 0 spiro atoms. The van der Waals surface area contributed by atoms with Gasteiger partial charge >= 0.3 is 6.18 Å². The van der Waals surface area contributed by atoms with Gasteiger partial charge in [0, 0.05) is 24.8 Å². The highest BCUT2D eigenvalue weighted by molar-refractivity contribution is 5.85. The van der Waals surface area contributed by atoms with Crippen LogP contribution in [-0.2, 0) is 4.74 Å². The molecule has 3 rings (SSSR count). The Morgan fingerprint density at radius 1 is 1.14 bits per heavy atom. The third-order valence-electron chi connectivity index (χ3n) is 4.45. The van der Waals surface area contributed by atoms with E-state index in [4.69, 9.17) is 15.6 Å². The van der Waals surface area contributed by atoms with Crippen molar-refractivity contribution in [1.29, 1.82) is 10.8 Å². The highest BCUT2D eigenvalue weighted by Gasteiger charge is 2.37. The molecule has 1 aliphatic rings. The van der Waals surface area contributed by atoms with E-state index in [2.05, 4.69) is 15.3 Å². The molecule has 3 N–H and O–H groups in total. The van der Waals surface area contributed by atoms with Crippen LogP contribution in [0.25, 0.3) is 0 Å². The largest absolute Gasteiger partial charge is 0.451 e. The van der Waals surface area contributed by atoms with Crippen LogP contribution in [0.15, 0.2) is 36.4 Å². The number of nitrogens with one attached hydrogen (secondary N) is 3. The molecule has 0 amide bonds. The van der Waals surface area contributed by atoms with Gasteiger partial charge in [-0.15, -0.1) is 5.10 Å². The first-order valence-corrected chi connectivity index (χ1v) is 8.76. The molecule has 0 aliphatic carbocycles. The average molecular weight is 394 g/mol. The monoisotopic (exact) mass is 394 g/mol. The van der Waals surface area contributed by atoms with Gasteiger partial charge in [-0.05, 0) is 36.8 Å². The standard InChI is InChI=1S/C18H21F3N6O/c1-12(13-2-4-14(5-3-13)26-8-10-28-11-9-26)24-16-7-6-15(22)27(25-16)17(23)18(19,20)21/h2-7,12,22-23H,8-11H2,1H3,(H,24,25). The third kappa shape index (κ3) is 4.50. The number of morpholine rings is 1. The number of nitrogens with zero attached hydrogens (tertiary/aromatic N) is 3. The summed E-state index contributed by atoms with van der Waals surface area (Å²) in [5.74, 6) is -1.56. The zero-order chi connectivity index (χ0) is 20.3. The molecule has 1 saturated heterocycles. The second-order valence-corrected chi connectivity index (χ2v) is 6.42. The van der Waals surface area contributed by atoms with Crippen molar-refractivity contribution in [3.8, 4) is 0 Å². The van der Waals surface area contributed by atoms with Crippen molar-refractivity contribution in [2.24, 2.45) is 0 Å². The maximum absolute atomic E-state index is 12.8. The number of halogens is 3. The highest BCUT2D eigenvalue weighted by atomic mass is 19.4. The zero-order valence-corrected chi connectivity index (χ0v) is 15.3. The Labute approximate surface area is 159 Å². The first-order chi connectivity index (χ1) is 13.3. The maximum Gasteiger partial charge on any atom is 0.451 e. The summed E-state index contributed by atoms with van der Waals surface area (Å²) in [6.07, 6.45) is -4.88. The van der Waals surface area contributed by atoms with Crippen LogP contribution in [-0.4, -0.2) is 48.1 Å². The molecule has 1 atom stereocenters. The van der Waals surface area contributed by atoms with E-state index in [1.54, 1.807) is 0 Å². The van der Waals surface area contributed by atoms with Gasteiger partial charge in [-0.2, -0.15) is 17.9 Å². The minimum atomic E-state index is -4.88. The van der Waals surface area contributed by atoms with Crippen LogP contribution >= 0.6 is 0 Å². The fourth-order valence-electron chi connectivity index (χ4n) is 2.89. The summed E-state index contributed by atoms with van der Waals surface area (Å²) in [7, 11) is 0. The van der Waals surface area contributed by atoms with Crippen LogP contribution in [0.4, 0.5) is 24.7 Å². The number of ether oxygens (including phenoxy) is 1. The molecule has 1 fully saturated rings. The summed E-state index contributed by atoms with van der Waals surface area (Å²) in [6.45, 7) is 4.93. The number of anilines is 2. The van der Waals surface area contributed by atoms with Gasteiger partial charge in [0.2, 0.25) is 5.84 Å². The molecule has 0 radical (unpaired) electrons. The summed E-state index contributed by atoms with van der Waals surface area (Å²) in [5.41, 5.74) is 1.51. The van der Waals surface area contributed by atoms with E-state index < -0.39 is 17.5 Å². The quantitative estimate of drug-likeness (QED) is 0.550. The van der Waals surface area contributed by atoms with Crippen LogP contribution in [0.2, 0.25) is 0 Å². The molecule has 2 aromatic rings. The van der Waals surface area contributed by atoms with Gasteiger partial charge in [-0.25, -0.2) is 0 Å². The Morgan fingerprint density at radius 3 is 2.39 bits per heavy atom. The molecule has 150 valence electrons. The van der Waals surface area contributed by atoms with Crippen molar-refractivity contribution in [3.05, 3.63) is 47.4 Å². The molecule has 1 unspecified atom stereocenters. The van der Waals surface area contributed by atoms with Gasteiger partial charge in [0.05, 0.1) is 13.2 Å². The first-order valence-electron chi connectivity index (χ1n) is 8.76. The van der Waals surface area contributed by atoms with Crippen LogP contribution in [0.3, 0.4) is 0 Å². The summed E-state index contributed by atoms with van der Waals surface area (Å²) >= 11 is 0. The number of aromatic nitrogens is 2. The van der Waals surface area contributed by atoms with E-state index in [1.165, 1.54) is 12.1 Å². The van der Waals surface area contributed by atoms with Crippen LogP contribution in [0.1, 0.15) is 18.5 Å². The van der Waals surface area contributed by atoms with Crippen molar-refractivity contribution in [1.82, 2.24) is 9.78 Å². The van der Waals surface area contributed by atoms with Crippen molar-refractivity contribution in [3.63, 3.8) is 0 Å². The maximum atomic E-state index is 12.8. The van der Waals surface area contributed by atoms with E-state index in [9.17, 15) is 13.2 Å². The van der Waals surface area contributed by atoms with Crippen molar-refractivity contribution in [2.45, 2.75) is 19.1 Å². The smallest absolute Gasteiger partial charge is 0.378 e. The molecular formula is C18H21F3N6O. The van der Waals surface area contributed by atoms with Crippen LogP contribution in [0, 0.1) is 10.8 Å². The second kappa shape index (κ2) is 8.01. The van der Waals surface area contributed by atoms with Crippen molar-refractivity contribution < 1.29 is 17.9 Å². The number of benzene rings is 1. The summed E-state index contributed by atoms with van der Waals surface area (Å²) in [6, 6.07) is 10.3. The summed E-state index contributed by atoms with van der Waals surface area (Å²) in [4.78, 5) is 2.23. The topological polar surface area (TPSA) is 90.0 Å². The van der Waals surface area contributed by atoms with Gasteiger partial charge < -0.3 is 15.0 Å². The number of alkyl halides is 3.